The first-order chi connectivity index (χ1) is 18.1. The van der Waals surface area contributed by atoms with Gasteiger partial charge in [0.15, 0.2) is 5.52 Å². The quantitative estimate of drug-likeness (QED) is 0.455. The Morgan fingerprint density at radius 2 is 1.87 bits per heavy atom. The average molecular weight is 547 g/mol. The standard InChI is InChI=1S/C25H34N6O6S/c1-6-8-19-21-22(29(5)28-19)24(32)27-23(26-21)18-15-17(9-10-20(18)36-7-2)38(34,35)31-13-11-30(12-14-31)25(33)37-16(3)4/h9-10,15-16H,6-8,11-14H2,1-5H3,(H,26,27,32). The van der Waals surface area contributed by atoms with Gasteiger partial charge in [-0.1, -0.05) is 13.3 Å². The number of benzene rings is 1. The summed E-state index contributed by atoms with van der Waals surface area (Å²) in [4.78, 5) is 34.2. The summed E-state index contributed by atoms with van der Waals surface area (Å²) in [5.74, 6) is 0.603. The summed E-state index contributed by atoms with van der Waals surface area (Å²) in [5, 5.41) is 4.45. The molecule has 3 heterocycles. The van der Waals surface area contributed by atoms with Gasteiger partial charge in [-0.15, -0.1) is 0 Å². The molecular weight excluding hydrogens is 512 g/mol. The molecule has 1 amide bonds. The number of aromatic amines is 1. The van der Waals surface area contributed by atoms with Gasteiger partial charge in [0.2, 0.25) is 10.0 Å². The van der Waals surface area contributed by atoms with Crippen molar-refractivity contribution in [2.24, 2.45) is 7.05 Å². The lowest BCUT2D eigenvalue weighted by Gasteiger charge is -2.33. The molecule has 1 aliphatic heterocycles. The van der Waals surface area contributed by atoms with Crippen molar-refractivity contribution < 1.29 is 22.7 Å². The van der Waals surface area contributed by atoms with Crippen molar-refractivity contribution in [3.8, 4) is 17.1 Å². The largest absolute Gasteiger partial charge is 0.493 e. The number of piperazine rings is 1. The van der Waals surface area contributed by atoms with Crippen LogP contribution in [-0.2, 0) is 28.2 Å². The van der Waals surface area contributed by atoms with E-state index in [0.29, 0.717) is 41.1 Å². The summed E-state index contributed by atoms with van der Waals surface area (Å²) in [6.07, 6.45) is 0.770. The van der Waals surface area contributed by atoms with Crippen molar-refractivity contribution >= 4 is 27.1 Å². The third-order valence-electron chi connectivity index (χ3n) is 6.23. The number of rotatable bonds is 8. The highest BCUT2D eigenvalue weighted by Gasteiger charge is 2.32. The fraction of sp³-hybridized carbons (Fsp3) is 0.520. The van der Waals surface area contributed by atoms with Crippen molar-refractivity contribution in [3.05, 3.63) is 34.2 Å². The first-order valence-electron chi connectivity index (χ1n) is 12.8. The number of aromatic nitrogens is 4. The minimum absolute atomic E-state index is 0.0388. The Morgan fingerprint density at radius 3 is 2.50 bits per heavy atom. The van der Waals surface area contributed by atoms with Crippen LogP contribution in [0.2, 0.25) is 0 Å². The van der Waals surface area contributed by atoms with Crippen LogP contribution in [0.3, 0.4) is 0 Å². The van der Waals surface area contributed by atoms with Crippen molar-refractivity contribution in [2.45, 2.75) is 51.5 Å². The summed E-state index contributed by atoms with van der Waals surface area (Å²) >= 11 is 0. The molecule has 38 heavy (non-hydrogen) atoms. The highest BCUT2D eigenvalue weighted by Crippen LogP contribution is 2.32. The van der Waals surface area contributed by atoms with E-state index in [1.165, 1.54) is 26.0 Å². The van der Waals surface area contributed by atoms with E-state index in [9.17, 15) is 18.0 Å². The first kappa shape index (κ1) is 27.6. The molecule has 1 aromatic carbocycles. The predicted octanol–water partition coefficient (Wildman–Crippen LogP) is 2.53. The Bertz CT molecular complexity index is 1490. The molecule has 1 saturated heterocycles. The van der Waals surface area contributed by atoms with Gasteiger partial charge in [0.1, 0.15) is 17.1 Å². The van der Waals surface area contributed by atoms with Crippen molar-refractivity contribution in [1.29, 1.82) is 0 Å². The van der Waals surface area contributed by atoms with Crippen molar-refractivity contribution in [1.82, 2.24) is 29.0 Å². The van der Waals surface area contributed by atoms with Crippen molar-refractivity contribution in [2.75, 3.05) is 32.8 Å². The van der Waals surface area contributed by atoms with E-state index in [4.69, 9.17) is 14.5 Å². The van der Waals surface area contributed by atoms with Gasteiger partial charge in [-0.2, -0.15) is 9.40 Å². The van der Waals surface area contributed by atoms with E-state index in [2.05, 4.69) is 10.1 Å². The second-order valence-corrected chi connectivity index (χ2v) is 11.3. The van der Waals surface area contributed by atoms with Crippen LogP contribution in [0.25, 0.3) is 22.4 Å². The molecular formula is C25H34N6O6S. The summed E-state index contributed by atoms with van der Waals surface area (Å²) < 4.78 is 41.0. The molecule has 206 valence electrons. The molecule has 0 unspecified atom stereocenters. The Hall–Kier alpha value is -3.45. The predicted molar refractivity (Wildman–Crippen MR) is 142 cm³/mol. The van der Waals surface area contributed by atoms with E-state index in [-0.39, 0.29) is 48.6 Å². The summed E-state index contributed by atoms with van der Waals surface area (Å²) in [5.41, 5.74) is 1.52. The number of sulfonamides is 1. The molecule has 0 spiro atoms. The van der Waals surface area contributed by atoms with Crippen LogP contribution in [0.15, 0.2) is 27.9 Å². The first-order valence-corrected chi connectivity index (χ1v) is 14.2. The highest BCUT2D eigenvalue weighted by molar-refractivity contribution is 7.89. The van der Waals surface area contributed by atoms with Gasteiger partial charge in [-0.05, 0) is 45.4 Å². The second kappa shape index (κ2) is 11.1. The Kier molecular flexibility index (Phi) is 8.07. The molecule has 2 aromatic heterocycles. The molecule has 0 aliphatic carbocycles. The molecule has 4 rings (SSSR count). The molecule has 0 atom stereocenters. The number of H-pyrrole nitrogens is 1. The van der Waals surface area contributed by atoms with Crippen LogP contribution in [0.5, 0.6) is 5.75 Å². The van der Waals surface area contributed by atoms with Crippen LogP contribution in [-0.4, -0.2) is 82.4 Å². The van der Waals surface area contributed by atoms with Gasteiger partial charge in [-0.3, -0.25) is 9.48 Å². The number of ether oxygens (including phenoxy) is 2. The van der Waals surface area contributed by atoms with Crippen LogP contribution in [0, 0.1) is 0 Å². The van der Waals surface area contributed by atoms with Crippen LogP contribution >= 0.6 is 0 Å². The fourth-order valence-corrected chi connectivity index (χ4v) is 5.90. The molecule has 1 aliphatic rings. The maximum absolute atomic E-state index is 13.6. The second-order valence-electron chi connectivity index (χ2n) is 9.35. The lowest BCUT2D eigenvalue weighted by Crippen LogP contribution is -2.50. The van der Waals surface area contributed by atoms with Crippen LogP contribution in [0.1, 0.15) is 39.8 Å². The zero-order chi connectivity index (χ0) is 27.6. The molecule has 3 aromatic rings. The number of nitrogens with zero attached hydrogens (tertiary/aromatic N) is 5. The van der Waals surface area contributed by atoms with E-state index >= 15 is 0 Å². The van der Waals surface area contributed by atoms with E-state index in [1.54, 1.807) is 27.0 Å². The third-order valence-corrected chi connectivity index (χ3v) is 8.12. The van der Waals surface area contributed by atoms with E-state index < -0.39 is 16.1 Å². The normalized spacial score (nSPS) is 14.8. The molecule has 0 bridgehead atoms. The topological polar surface area (TPSA) is 140 Å². The lowest BCUT2D eigenvalue weighted by atomic mass is 10.1. The highest BCUT2D eigenvalue weighted by atomic mass is 32.2. The maximum Gasteiger partial charge on any atom is 0.410 e. The molecule has 1 fully saturated rings. The van der Waals surface area contributed by atoms with Gasteiger partial charge >= 0.3 is 6.09 Å². The number of hydrogen-bond acceptors (Lipinski definition) is 8. The number of carbonyl (C=O) groups excluding carboxylic acids is 1. The van der Waals surface area contributed by atoms with Gasteiger partial charge in [0.25, 0.3) is 5.56 Å². The number of fused-ring (bicyclic) bond motifs is 1. The van der Waals surface area contributed by atoms with Gasteiger partial charge in [0.05, 0.1) is 28.9 Å². The van der Waals surface area contributed by atoms with E-state index in [0.717, 1.165) is 6.42 Å². The van der Waals surface area contributed by atoms with E-state index in [1.807, 2.05) is 13.8 Å². The molecule has 0 radical (unpaired) electrons. The summed E-state index contributed by atoms with van der Waals surface area (Å²) in [6, 6.07) is 4.52. The number of nitrogens with one attached hydrogen (secondary N) is 1. The van der Waals surface area contributed by atoms with Crippen LogP contribution < -0.4 is 10.3 Å². The monoisotopic (exact) mass is 546 g/mol. The molecule has 12 nitrogen and oxygen atoms in total. The molecule has 0 saturated carbocycles. The summed E-state index contributed by atoms with van der Waals surface area (Å²) in [6.45, 7) is 8.42. The van der Waals surface area contributed by atoms with Gasteiger partial charge < -0.3 is 19.4 Å². The Labute approximate surface area is 221 Å². The smallest absolute Gasteiger partial charge is 0.410 e. The minimum Gasteiger partial charge on any atom is -0.493 e. The molecule has 13 heteroatoms. The Morgan fingerprint density at radius 1 is 1.16 bits per heavy atom. The average Bonchev–Trinajstić information content (AvgIpc) is 3.19. The Balaban J connectivity index is 1.70. The fourth-order valence-electron chi connectivity index (χ4n) is 4.45. The van der Waals surface area contributed by atoms with Crippen molar-refractivity contribution in [3.63, 3.8) is 0 Å². The zero-order valence-electron chi connectivity index (χ0n) is 22.4. The maximum atomic E-state index is 13.6. The number of hydrogen-bond donors (Lipinski definition) is 1. The lowest BCUT2D eigenvalue weighted by molar-refractivity contribution is 0.0667. The zero-order valence-corrected chi connectivity index (χ0v) is 23.2. The molecule has 1 N–H and O–H groups in total. The van der Waals surface area contributed by atoms with Gasteiger partial charge in [-0.25, -0.2) is 18.2 Å². The number of aryl methyl sites for hydroxylation is 2. The minimum atomic E-state index is -3.90. The number of carbonyl (C=O) groups is 1. The number of amides is 1. The third kappa shape index (κ3) is 5.39. The van der Waals surface area contributed by atoms with Gasteiger partial charge in [0, 0.05) is 33.2 Å². The summed E-state index contributed by atoms with van der Waals surface area (Å²) in [7, 11) is -2.21. The SMILES string of the molecule is CCCc1nn(C)c2c(=O)[nH]c(-c3cc(S(=O)(=O)N4CCN(C(=O)OC(C)C)CC4)ccc3OCC)nc12. The van der Waals surface area contributed by atoms with Crippen LogP contribution in [0.4, 0.5) is 4.79 Å².